The number of rotatable bonds is 7. The number of hydrogen-bond donors (Lipinski definition) is 1. The SMILES string of the molecule is C=CCN(CC=C)C(=O)CN1CC(O)(C2CC2)C1. The molecule has 1 saturated heterocycles. The highest BCUT2D eigenvalue weighted by Gasteiger charge is 2.52. The Morgan fingerprint density at radius 2 is 1.89 bits per heavy atom. The van der Waals surface area contributed by atoms with Crippen LogP contribution in [0.1, 0.15) is 12.8 Å². The second-order valence-electron chi connectivity index (χ2n) is 5.40. The number of nitrogens with zero attached hydrogens (tertiary/aromatic N) is 2. The lowest BCUT2D eigenvalue weighted by Crippen LogP contribution is -2.64. The van der Waals surface area contributed by atoms with E-state index in [0.717, 1.165) is 12.8 Å². The van der Waals surface area contributed by atoms with Gasteiger partial charge in [-0.2, -0.15) is 0 Å². The van der Waals surface area contributed by atoms with Crippen molar-refractivity contribution >= 4 is 5.91 Å². The van der Waals surface area contributed by atoms with Crippen LogP contribution in [0.15, 0.2) is 25.3 Å². The van der Waals surface area contributed by atoms with Crippen molar-refractivity contribution in [1.29, 1.82) is 0 Å². The molecule has 1 saturated carbocycles. The minimum atomic E-state index is -0.512. The molecule has 0 unspecified atom stereocenters. The number of aliphatic hydroxyl groups is 1. The average Bonchev–Trinajstić information content (AvgIpc) is 3.10. The van der Waals surface area contributed by atoms with E-state index in [1.807, 2.05) is 4.90 Å². The molecule has 0 aromatic rings. The topological polar surface area (TPSA) is 43.8 Å². The summed E-state index contributed by atoms with van der Waals surface area (Å²) in [6.45, 7) is 10.1. The van der Waals surface area contributed by atoms with Gasteiger partial charge in [0.1, 0.15) is 0 Å². The first-order valence-corrected chi connectivity index (χ1v) is 6.53. The van der Waals surface area contributed by atoms with Crippen molar-refractivity contribution in [2.45, 2.75) is 18.4 Å². The smallest absolute Gasteiger partial charge is 0.237 e. The first-order chi connectivity index (χ1) is 8.59. The molecule has 1 amide bonds. The van der Waals surface area contributed by atoms with E-state index in [-0.39, 0.29) is 5.91 Å². The maximum Gasteiger partial charge on any atom is 0.237 e. The maximum absolute atomic E-state index is 12.0. The summed E-state index contributed by atoms with van der Waals surface area (Å²) < 4.78 is 0. The second-order valence-corrected chi connectivity index (χ2v) is 5.40. The van der Waals surface area contributed by atoms with Crippen LogP contribution < -0.4 is 0 Å². The molecule has 0 bridgehead atoms. The van der Waals surface area contributed by atoms with Gasteiger partial charge in [-0.25, -0.2) is 0 Å². The molecular formula is C14H22N2O2. The summed E-state index contributed by atoms with van der Waals surface area (Å²) >= 11 is 0. The van der Waals surface area contributed by atoms with Crippen molar-refractivity contribution in [2.75, 3.05) is 32.7 Å². The van der Waals surface area contributed by atoms with Gasteiger partial charge in [0.2, 0.25) is 5.91 Å². The molecule has 1 aliphatic heterocycles. The van der Waals surface area contributed by atoms with Gasteiger partial charge < -0.3 is 10.0 Å². The van der Waals surface area contributed by atoms with Crippen LogP contribution >= 0.6 is 0 Å². The molecule has 2 aliphatic rings. The molecule has 1 N–H and O–H groups in total. The van der Waals surface area contributed by atoms with Gasteiger partial charge in [-0.1, -0.05) is 12.2 Å². The molecule has 2 fully saturated rings. The first-order valence-electron chi connectivity index (χ1n) is 6.53. The molecule has 1 heterocycles. The fourth-order valence-corrected chi connectivity index (χ4v) is 2.60. The lowest BCUT2D eigenvalue weighted by Gasteiger charge is -2.47. The van der Waals surface area contributed by atoms with Crippen LogP contribution in [0.3, 0.4) is 0 Å². The van der Waals surface area contributed by atoms with Gasteiger partial charge in [0, 0.05) is 26.2 Å². The summed E-state index contributed by atoms with van der Waals surface area (Å²) in [5, 5.41) is 10.2. The molecule has 4 heteroatoms. The normalized spacial score (nSPS) is 22.1. The Hall–Kier alpha value is -1.13. The van der Waals surface area contributed by atoms with E-state index in [4.69, 9.17) is 0 Å². The van der Waals surface area contributed by atoms with Gasteiger partial charge in [-0.3, -0.25) is 9.69 Å². The summed E-state index contributed by atoms with van der Waals surface area (Å²) in [5.74, 6) is 0.550. The number of β-amino-alcohol motifs (C(OH)–C–C–N with tert-alkyl or cyclic N) is 1. The van der Waals surface area contributed by atoms with Gasteiger partial charge >= 0.3 is 0 Å². The van der Waals surface area contributed by atoms with Crippen LogP contribution in [0.4, 0.5) is 0 Å². The minimum absolute atomic E-state index is 0.0765. The Bertz CT molecular complexity index is 334. The van der Waals surface area contributed by atoms with Crippen LogP contribution in [-0.2, 0) is 4.79 Å². The molecule has 4 nitrogen and oxygen atoms in total. The molecule has 1 aliphatic carbocycles. The third kappa shape index (κ3) is 2.82. The predicted molar refractivity (Wildman–Crippen MR) is 71.1 cm³/mol. The van der Waals surface area contributed by atoms with Crippen molar-refractivity contribution in [3.63, 3.8) is 0 Å². The van der Waals surface area contributed by atoms with Crippen LogP contribution in [0, 0.1) is 5.92 Å². The first kappa shape index (κ1) is 13.3. The predicted octanol–water partition coefficient (Wildman–Crippen LogP) is 0.644. The highest BCUT2D eigenvalue weighted by atomic mass is 16.3. The van der Waals surface area contributed by atoms with E-state index in [1.54, 1.807) is 17.1 Å². The molecule has 0 spiro atoms. The molecule has 0 radical (unpaired) electrons. The third-order valence-electron chi connectivity index (χ3n) is 3.74. The van der Waals surface area contributed by atoms with Gasteiger partial charge in [0.25, 0.3) is 0 Å². The fourth-order valence-electron chi connectivity index (χ4n) is 2.60. The molecule has 100 valence electrons. The zero-order chi connectivity index (χ0) is 13.2. The minimum Gasteiger partial charge on any atom is -0.387 e. The van der Waals surface area contributed by atoms with Crippen LogP contribution in [0.25, 0.3) is 0 Å². The van der Waals surface area contributed by atoms with Gasteiger partial charge in [-0.05, 0) is 18.8 Å². The summed E-state index contributed by atoms with van der Waals surface area (Å²) in [6, 6.07) is 0. The van der Waals surface area contributed by atoms with E-state index in [0.29, 0.717) is 38.6 Å². The van der Waals surface area contributed by atoms with E-state index in [2.05, 4.69) is 13.2 Å². The van der Waals surface area contributed by atoms with Gasteiger partial charge in [-0.15, -0.1) is 13.2 Å². The monoisotopic (exact) mass is 250 g/mol. The van der Waals surface area contributed by atoms with Gasteiger partial charge in [0.05, 0.1) is 12.1 Å². The highest BCUT2D eigenvalue weighted by Crippen LogP contribution is 2.44. The lowest BCUT2D eigenvalue weighted by molar-refractivity contribution is -0.144. The Kier molecular flexibility index (Phi) is 3.88. The second kappa shape index (κ2) is 5.24. The van der Waals surface area contributed by atoms with Crippen molar-refractivity contribution in [3.05, 3.63) is 25.3 Å². The van der Waals surface area contributed by atoms with E-state index in [9.17, 15) is 9.90 Å². The van der Waals surface area contributed by atoms with Crippen LogP contribution in [0.2, 0.25) is 0 Å². The number of carbonyl (C=O) groups is 1. The zero-order valence-electron chi connectivity index (χ0n) is 10.8. The Labute approximate surface area is 109 Å². The number of hydrogen-bond acceptors (Lipinski definition) is 3. The fraction of sp³-hybridized carbons (Fsp3) is 0.643. The summed E-state index contributed by atoms with van der Waals surface area (Å²) in [6.07, 6.45) is 5.71. The molecular weight excluding hydrogens is 228 g/mol. The molecule has 0 atom stereocenters. The lowest BCUT2D eigenvalue weighted by atomic mass is 9.89. The Morgan fingerprint density at radius 3 is 2.33 bits per heavy atom. The molecule has 2 rings (SSSR count). The Morgan fingerprint density at radius 1 is 1.33 bits per heavy atom. The average molecular weight is 250 g/mol. The standard InChI is InChI=1S/C14H22N2O2/c1-3-7-16(8-4-2)13(17)9-15-10-14(18,11-15)12-5-6-12/h3-4,12,18H,1-2,5-11H2. The number of likely N-dealkylation sites (tertiary alicyclic amines) is 1. The molecule has 18 heavy (non-hydrogen) atoms. The molecule has 0 aromatic carbocycles. The summed E-state index contributed by atoms with van der Waals surface area (Å²) in [7, 11) is 0. The maximum atomic E-state index is 12.0. The summed E-state index contributed by atoms with van der Waals surface area (Å²) in [5.41, 5.74) is -0.512. The van der Waals surface area contributed by atoms with Crippen molar-refractivity contribution < 1.29 is 9.90 Å². The zero-order valence-corrected chi connectivity index (χ0v) is 10.8. The Balaban J connectivity index is 1.77. The van der Waals surface area contributed by atoms with Crippen molar-refractivity contribution in [3.8, 4) is 0 Å². The van der Waals surface area contributed by atoms with Crippen molar-refractivity contribution in [2.24, 2.45) is 5.92 Å². The van der Waals surface area contributed by atoms with Gasteiger partial charge in [0.15, 0.2) is 0 Å². The van der Waals surface area contributed by atoms with Crippen LogP contribution in [-0.4, -0.2) is 59.1 Å². The molecule has 0 aromatic heterocycles. The quantitative estimate of drug-likeness (QED) is 0.675. The van der Waals surface area contributed by atoms with E-state index in [1.165, 1.54) is 0 Å². The summed E-state index contributed by atoms with van der Waals surface area (Å²) in [4.78, 5) is 15.8. The highest BCUT2D eigenvalue weighted by molar-refractivity contribution is 5.78. The largest absolute Gasteiger partial charge is 0.387 e. The van der Waals surface area contributed by atoms with E-state index >= 15 is 0 Å². The number of amides is 1. The van der Waals surface area contributed by atoms with E-state index < -0.39 is 5.60 Å². The third-order valence-corrected chi connectivity index (χ3v) is 3.74. The number of carbonyl (C=O) groups excluding carboxylic acids is 1. The van der Waals surface area contributed by atoms with Crippen molar-refractivity contribution in [1.82, 2.24) is 9.80 Å². The van der Waals surface area contributed by atoms with Crippen LogP contribution in [0.5, 0.6) is 0 Å².